The second kappa shape index (κ2) is 8.56. The Morgan fingerprint density at radius 3 is 2.94 bits per heavy atom. The number of phenols is 1. The average Bonchev–Trinajstić information content (AvgIpc) is 3.54. The second-order valence-electron chi connectivity index (χ2n) is 8.46. The monoisotopic (exact) mass is 482 g/mol. The summed E-state index contributed by atoms with van der Waals surface area (Å²) in [6, 6.07) is 16.6. The smallest absolute Gasteiger partial charge is 0.254 e. The maximum absolute atomic E-state index is 13.2. The predicted octanol–water partition coefficient (Wildman–Crippen LogP) is 5.27. The van der Waals surface area contributed by atoms with Gasteiger partial charge in [-0.15, -0.1) is 11.3 Å². The number of amides is 1. The van der Waals surface area contributed by atoms with Gasteiger partial charge in [0.15, 0.2) is 0 Å². The number of carbonyl (C=O) groups is 1. The molecule has 3 aromatic heterocycles. The molecular formula is C27H22N4O3S. The minimum atomic E-state index is 0.00779. The fourth-order valence-electron chi connectivity index (χ4n) is 4.54. The molecule has 1 amide bonds. The van der Waals surface area contributed by atoms with Crippen LogP contribution in [0.1, 0.15) is 20.8 Å². The average molecular weight is 483 g/mol. The number of phenolic OH excluding ortho intramolecular Hbond substituents is 1. The number of nitrogens with zero attached hydrogens (tertiary/aromatic N) is 3. The number of aromatic amines is 1. The van der Waals surface area contributed by atoms with Crippen LogP contribution in [0.4, 0.5) is 0 Å². The van der Waals surface area contributed by atoms with E-state index in [1.165, 1.54) is 10.4 Å². The maximum atomic E-state index is 13.2. The lowest BCUT2D eigenvalue weighted by atomic mass is 10.0. The normalized spacial score (nSPS) is 13.1. The molecule has 0 spiro atoms. The van der Waals surface area contributed by atoms with Gasteiger partial charge in [0.1, 0.15) is 11.6 Å². The van der Waals surface area contributed by atoms with Crippen LogP contribution in [0, 0.1) is 0 Å². The van der Waals surface area contributed by atoms with Gasteiger partial charge in [0.2, 0.25) is 5.88 Å². The fraction of sp³-hybridized carbons (Fsp3) is 0.148. The Hall–Kier alpha value is -4.17. The maximum Gasteiger partial charge on any atom is 0.254 e. The van der Waals surface area contributed by atoms with Crippen molar-refractivity contribution in [3.63, 3.8) is 0 Å². The third kappa shape index (κ3) is 3.81. The number of methoxy groups -OCH3 is 1. The number of rotatable bonds is 4. The first-order chi connectivity index (χ1) is 17.1. The zero-order valence-corrected chi connectivity index (χ0v) is 19.8. The van der Waals surface area contributed by atoms with Gasteiger partial charge in [-0.25, -0.2) is 9.97 Å². The number of thiophene rings is 1. The van der Waals surface area contributed by atoms with Crippen molar-refractivity contribution in [3.8, 4) is 34.1 Å². The summed E-state index contributed by atoms with van der Waals surface area (Å²) in [5.74, 6) is 1.14. The van der Waals surface area contributed by atoms with Crippen LogP contribution in [-0.2, 0) is 13.0 Å². The topological polar surface area (TPSA) is 91.3 Å². The number of carbonyl (C=O) groups excluding carboxylic acids is 1. The van der Waals surface area contributed by atoms with Crippen LogP contribution in [0.5, 0.6) is 11.6 Å². The summed E-state index contributed by atoms with van der Waals surface area (Å²) < 4.78 is 5.39. The van der Waals surface area contributed by atoms with Crippen LogP contribution in [0.3, 0.4) is 0 Å². The molecule has 35 heavy (non-hydrogen) atoms. The van der Waals surface area contributed by atoms with E-state index in [-0.39, 0.29) is 11.7 Å². The molecule has 0 atom stereocenters. The quantitative estimate of drug-likeness (QED) is 0.364. The van der Waals surface area contributed by atoms with Gasteiger partial charge < -0.3 is 19.7 Å². The predicted molar refractivity (Wildman–Crippen MR) is 136 cm³/mol. The van der Waals surface area contributed by atoms with Crippen LogP contribution in [-0.4, -0.2) is 44.5 Å². The molecule has 7 nitrogen and oxygen atoms in total. The zero-order chi connectivity index (χ0) is 23.9. The number of hydrogen-bond acceptors (Lipinski definition) is 6. The Balaban J connectivity index is 1.33. The number of pyridine rings is 1. The molecule has 4 heterocycles. The van der Waals surface area contributed by atoms with E-state index in [9.17, 15) is 9.90 Å². The lowest BCUT2D eigenvalue weighted by Crippen LogP contribution is -2.35. The first-order valence-corrected chi connectivity index (χ1v) is 12.2. The van der Waals surface area contributed by atoms with E-state index in [0.717, 1.165) is 35.1 Å². The summed E-state index contributed by atoms with van der Waals surface area (Å²) >= 11 is 1.76. The third-order valence-electron chi connectivity index (χ3n) is 6.35. The molecule has 0 radical (unpaired) electrons. The van der Waals surface area contributed by atoms with Gasteiger partial charge in [-0.05, 0) is 71.5 Å². The van der Waals surface area contributed by atoms with Crippen molar-refractivity contribution in [1.29, 1.82) is 0 Å². The second-order valence-corrected chi connectivity index (χ2v) is 9.46. The number of imidazole rings is 1. The highest BCUT2D eigenvalue weighted by molar-refractivity contribution is 7.10. The first-order valence-electron chi connectivity index (χ1n) is 11.3. The summed E-state index contributed by atoms with van der Waals surface area (Å²) in [7, 11) is 1.58. The minimum absolute atomic E-state index is 0.00779. The molecule has 0 bridgehead atoms. The number of benzene rings is 2. The molecule has 174 valence electrons. The number of H-pyrrole nitrogens is 1. The van der Waals surface area contributed by atoms with E-state index in [1.807, 2.05) is 47.4 Å². The van der Waals surface area contributed by atoms with Crippen molar-refractivity contribution in [2.45, 2.75) is 13.0 Å². The van der Waals surface area contributed by atoms with Crippen molar-refractivity contribution in [2.75, 3.05) is 13.7 Å². The highest BCUT2D eigenvalue weighted by Gasteiger charge is 2.23. The highest BCUT2D eigenvalue weighted by atomic mass is 32.1. The van der Waals surface area contributed by atoms with Crippen molar-refractivity contribution in [2.24, 2.45) is 0 Å². The standard InChI is InChI=1S/C27H22N4O3S/c1-34-26-19(3-2-10-28-26)16-5-7-23(32)20(13-16)25-29-21-6-4-17(14-22(21)30-25)27(33)31-11-8-24-18(15-31)9-12-35-24/h2-7,9-10,12-14,32H,8,11,15H2,1H3,(H,29,30). The van der Waals surface area contributed by atoms with E-state index in [0.29, 0.717) is 29.4 Å². The molecule has 1 aliphatic rings. The Bertz CT molecular complexity index is 1570. The van der Waals surface area contributed by atoms with Gasteiger partial charge in [-0.2, -0.15) is 0 Å². The van der Waals surface area contributed by atoms with Crippen LogP contribution in [0.2, 0.25) is 0 Å². The summed E-state index contributed by atoms with van der Waals surface area (Å²) in [5, 5.41) is 12.7. The first kappa shape index (κ1) is 21.4. The Labute approximate surface area is 205 Å². The summed E-state index contributed by atoms with van der Waals surface area (Å²) in [4.78, 5) is 28.7. The molecule has 2 aromatic carbocycles. The number of aromatic nitrogens is 3. The zero-order valence-electron chi connectivity index (χ0n) is 19.0. The van der Waals surface area contributed by atoms with Gasteiger partial charge in [0.05, 0.1) is 23.7 Å². The number of fused-ring (bicyclic) bond motifs is 2. The van der Waals surface area contributed by atoms with Gasteiger partial charge >= 0.3 is 0 Å². The number of nitrogens with one attached hydrogen (secondary N) is 1. The van der Waals surface area contributed by atoms with Crippen molar-refractivity contribution in [3.05, 3.63) is 82.2 Å². The molecule has 8 heteroatoms. The van der Waals surface area contributed by atoms with Crippen LogP contribution in [0.25, 0.3) is 33.5 Å². The summed E-state index contributed by atoms with van der Waals surface area (Å²) in [6.07, 6.45) is 2.57. The fourth-order valence-corrected chi connectivity index (χ4v) is 5.43. The van der Waals surface area contributed by atoms with E-state index in [2.05, 4.69) is 26.4 Å². The van der Waals surface area contributed by atoms with Gasteiger partial charge in [-0.1, -0.05) is 6.07 Å². The lowest BCUT2D eigenvalue weighted by molar-refractivity contribution is 0.0736. The third-order valence-corrected chi connectivity index (χ3v) is 7.37. The molecule has 0 saturated heterocycles. The van der Waals surface area contributed by atoms with Gasteiger partial charge in [-0.3, -0.25) is 4.79 Å². The number of ether oxygens (including phenoxy) is 1. The lowest BCUT2D eigenvalue weighted by Gasteiger charge is -2.27. The molecule has 1 aliphatic heterocycles. The summed E-state index contributed by atoms with van der Waals surface area (Å²) in [5.41, 5.74) is 5.53. The number of aromatic hydroxyl groups is 1. The largest absolute Gasteiger partial charge is 0.507 e. The molecule has 0 fully saturated rings. The Morgan fingerprint density at radius 1 is 1.14 bits per heavy atom. The van der Waals surface area contributed by atoms with E-state index in [4.69, 9.17) is 4.74 Å². The van der Waals surface area contributed by atoms with Crippen LogP contribution < -0.4 is 4.74 Å². The van der Waals surface area contributed by atoms with Crippen LogP contribution >= 0.6 is 11.3 Å². The van der Waals surface area contributed by atoms with E-state index >= 15 is 0 Å². The highest BCUT2D eigenvalue weighted by Crippen LogP contribution is 2.36. The number of hydrogen-bond donors (Lipinski definition) is 2. The Kier molecular flexibility index (Phi) is 5.22. The van der Waals surface area contributed by atoms with E-state index < -0.39 is 0 Å². The molecule has 0 saturated carbocycles. The van der Waals surface area contributed by atoms with Gasteiger partial charge in [0.25, 0.3) is 5.91 Å². The Morgan fingerprint density at radius 2 is 2.06 bits per heavy atom. The van der Waals surface area contributed by atoms with Gasteiger partial charge in [0, 0.05) is 35.3 Å². The van der Waals surface area contributed by atoms with Crippen molar-refractivity contribution >= 4 is 28.3 Å². The SMILES string of the molecule is COc1ncccc1-c1ccc(O)c(-c2nc3ccc(C(=O)N4CCc5sccc5C4)cc3[nH]2)c1. The van der Waals surface area contributed by atoms with E-state index in [1.54, 1.807) is 30.7 Å². The van der Waals surface area contributed by atoms with Crippen molar-refractivity contribution < 1.29 is 14.6 Å². The molecule has 6 rings (SSSR count). The molecule has 0 unspecified atom stereocenters. The molecule has 5 aromatic rings. The van der Waals surface area contributed by atoms with Crippen molar-refractivity contribution in [1.82, 2.24) is 19.9 Å². The summed E-state index contributed by atoms with van der Waals surface area (Å²) in [6.45, 7) is 1.36. The minimum Gasteiger partial charge on any atom is -0.507 e. The molecule has 2 N–H and O–H groups in total. The molecular weight excluding hydrogens is 460 g/mol. The molecule has 0 aliphatic carbocycles. The van der Waals surface area contributed by atoms with Crippen LogP contribution in [0.15, 0.2) is 66.2 Å².